The SMILES string of the molecule is FC(F)(F)c1ccccc1CNCc1cc(-c2ccccc2)cnc1Cl. The molecule has 0 saturated heterocycles. The zero-order chi connectivity index (χ0) is 18.6. The number of nitrogens with one attached hydrogen (secondary N) is 1. The highest BCUT2D eigenvalue weighted by molar-refractivity contribution is 6.30. The van der Waals surface area contributed by atoms with Crippen molar-refractivity contribution in [3.63, 3.8) is 0 Å². The normalized spacial score (nSPS) is 11.5. The van der Waals surface area contributed by atoms with Gasteiger partial charge in [0.05, 0.1) is 5.56 Å². The summed E-state index contributed by atoms with van der Waals surface area (Å²) in [6, 6.07) is 17.1. The minimum atomic E-state index is -4.37. The second-order valence-electron chi connectivity index (χ2n) is 5.80. The Hall–Kier alpha value is -2.37. The Labute approximate surface area is 154 Å². The molecule has 2 aromatic carbocycles. The van der Waals surface area contributed by atoms with Crippen LogP contribution in [0.25, 0.3) is 11.1 Å². The molecule has 0 atom stereocenters. The van der Waals surface area contributed by atoms with Crippen molar-refractivity contribution in [1.82, 2.24) is 10.3 Å². The van der Waals surface area contributed by atoms with E-state index >= 15 is 0 Å². The molecule has 0 saturated carbocycles. The van der Waals surface area contributed by atoms with E-state index < -0.39 is 11.7 Å². The molecule has 0 fully saturated rings. The van der Waals surface area contributed by atoms with Crippen molar-refractivity contribution < 1.29 is 13.2 Å². The predicted molar refractivity (Wildman–Crippen MR) is 96.7 cm³/mol. The van der Waals surface area contributed by atoms with E-state index in [1.54, 1.807) is 12.3 Å². The van der Waals surface area contributed by atoms with Gasteiger partial charge < -0.3 is 5.32 Å². The Balaban J connectivity index is 1.73. The Morgan fingerprint density at radius 2 is 1.50 bits per heavy atom. The van der Waals surface area contributed by atoms with E-state index in [1.165, 1.54) is 12.1 Å². The summed E-state index contributed by atoms with van der Waals surface area (Å²) in [7, 11) is 0. The van der Waals surface area contributed by atoms with Crippen molar-refractivity contribution in [3.8, 4) is 11.1 Å². The van der Waals surface area contributed by atoms with Crippen LogP contribution in [0.1, 0.15) is 16.7 Å². The van der Waals surface area contributed by atoms with Crippen LogP contribution in [0.2, 0.25) is 5.15 Å². The van der Waals surface area contributed by atoms with Crippen LogP contribution in [-0.2, 0) is 19.3 Å². The van der Waals surface area contributed by atoms with Gasteiger partial charge in [-0.3, -0.25) is 0 Å². The maximum atomic E-state index is 13.0. The van der Waals surface area contributed by atoms with Crippen LogP contribution in [-0.4, -0.2) is 4.98 Å². The summed E-state index contributed by atoms with van der Waals surface area (Å²) in [5, 5.41) is 3.36. The Bertz CT molecular complexity index is 880. The van der Waals surface area contributed by atoms with Gasteiger partial charge in [-0.15, -0.1) is 0 Å². The second-order valence-corrected chi connectivity index (χ2v) is 6.16. The van der Waals surface area contributed by atoms with Crippen LogP contribution >= 0.6 is 11.6 Å². The molecule has 134 valence electrons. The summed E-state index contributed by atoms with van der Waals surface area (Å²) in [4.78, 5) is 4.18. The van der Waals surface area contributed by atoms with E-state index in [0.29, 0.717) is 11.7 Å². The van der Waals surface area contributed by atoms with Gasteiger partial charge in [0, 0.05) is 30.4 Å². The maximum Gasteiger partial charge on any atom is 0.416 e. The molecule has 2 nitrogen and oxygen atoms in total. The molecule has 0 spiro atoms. The molecule has 0 amide bonds. The highest BCUT2D eigenvalue weighted by Crippen LogP contribution is 2.31. The minimum absolute atomic E-state index is 0.0849. The number of aromatic nitrogens is 1. The van der Waals surface area contributed by atoms with Crippen LogP contribution in [0.15, 0.2) is 66.9 Å². The Morgan fingerprint density at radius 3 is 2.23 bits per heavy atom. The van der Waals surface area contributed by atoms with E-state index in [0.717, 1.165) is 22.8 Å². The molecular weight excluding hydrogens is 361 g/mol. The molecule has 3 rings (SSSR count). The van der Waals surface area contributed by atoms with E-state index in [4.69, 9.17) is 11.6 Å². The summed E-state index contributed by atoms with van der Waals surface area (Å²) < 4.78 is 39.1. The zero-order valence-electron chi connectivity index (χ0n) is 13.7. The maximum absolute atomic E-state index is 13.0. The number of halogens is 4. The van der Waals surface area contributed by atoms with Gasteiger partial charge in [0.25, 0.3) is 0 Å². The molecule has 0 bridgehead atoms. The topological polar surface area (TPSA) is 24.9 Å². The molecule has 26 heavy (non-hydrogen) atoms. The average molecular weight is 377 g/mol. The largest absolute Gasteiger partial charge is 0.416 e. The summed E-state index contributed by atoms with van der Waals surface area (Å²) in [5.41, 5.74) is 2.21. The molecule has 0 aliphatic carbocycles. The number of hydrogen-bond acceptors (Lipinski definition) is 2. The number of pyridine rings is 1. The molecule has 6 heteroatoms. The molecule has 1 heterocycles. The van der Waals surface area contributed by atoms with Crippen molar-refractivity contribution in [2.45, 2.75) is 19.3 Å². The van der Waals surface area contributed by atoms with Gasteiger partial charge in [-0.05, 0) is 23.3 Å². The highest BCUT2D eigenvalue weighted by Gasteiger charge is 2.32. The third kappa shape index (κ3) is 4.42. The van der Waals surface area contributed by atoms with Crippen molar-refractivity contribution >= 4 is 11.6 Å². The highest BCUT2D eigenvalue weighted by atomic mass is 35.5. The first-order chi connectivity index (χ1) is 12.4. The molecule has 1 N–H and O–H groups in total. The van der Waals surface area contributed by atoms with Gasteiger partial charge in [-0.25, -0.2) is 4.98 Å². The van der Waals surface area contributed by atoms with Crippen LogP contribution in [0.3, 0.4) is 0 Å². The monoisotopic (exact) mass is 376 g/mol. The van der Waals surface area contributed by atoms with Crippen LogP contribution < -0.4 is 5.32 Å². The van der Waals surface area contributed by atoms with Crippen molar-refractivity contribution in [3.05, 3.63) is 88.7 Å². The molecule has 1 aromatic heterocycles. The Kier molecular flexibility index (Phi) is 5.59. The lowest BCUT2D eigenvalue weighted by molar-refractivity contribution is -0.138. The summed E-state index contributed by atoms with van der Waals surface area (Å²) >= 11 is 6.14. The van der Waals surface area contributed by atoms with Gasteiger partial charge >= 0.3 is 6.18 Å². The number of nitrogens with zero attached hydrogens (tertiary/aromatic N) is 1. The fourth-order valence-corrected chi connectivity index (χ4v) is 2.86. The standard InChI is InChI=1S/C20H16ClF3N2/c21-19-17(10-16(13-26-19)14-6-2-1-3-7-14)12-25-11-15-8-4-5-9-18(15)20(22,23)24/h1-10,13,25H,11-12H2. The van der Waals surface area contributed by atoms with E-state index in [-0.39, 0.29) is 12.1 Å². The Morgan fingerprint density at radius 1 is 0.846 bits per heavy atom. The number of alkyl halides is 3. The first-order valence-electron chi connectivity index (χ1n) is 8.01. The van der Waals surface area contributed by atoms with Crippen LogP contribution in [0, 0.1) is 0 Å². The fraction of sp³-hybridized carbons (Fsp3) is 0.150. The summed E-state index contributed by atoms with van der Waals surface area (Å²) in [6.45, 7) is 0.403. The molecular formula is C20H16ClF3N2. The first kappa shape index (κ1) is 18.4. The number of rotatable bonds is 5. The third-order valence-electron chi connectivity index (χ3n) is 3.97. The van der Waals surface area contributed by atoms with Crippen LogP contribution in [0.4, 0.5) is 13.2 Å². The average Bonchev–Trinajstić information content (AvgIpc) is 2.63. The molecule has 0 aliphatic heterocycles. The third-order valence-corrected chi connectivity index (χ3v) is 4.31. The fourth-order valence-electron chi connectivity index (χ4n) is 2.69. The van der Waals surface area contributed by atoms with Crippen molar-refractivity contribution in [1.29, 1.82) is 0 Å². The molecule has 0 aliphatic rings. The van der Waals surface area contributed by atoms with Crippen molar-refractivity contribution in [2.75, 3.05) is 0 Å². The molecule has 0 unspecified atom stereocenters. The quantitative estimate of drug-likeness (QED) is 0.577. The van der Waals surface area contributed by atoms with Crippen LogP contribution in [0.5, 0.6) is 0 Å². The smallest absolute Gasteiger partial charge is 0.308 e. The number of benzene rings is 2. The minimum Gasteiger partial charge on any atom is -0.308 e. The first-order valence-corrected chi connectivity index (χ1v) is 8.38. The molecule has 0 radical (unpaired) electrons. The summed E-state index contributed by atoms with van der Waals surface area (Å²) in [5.74, 6) is 0. The van der Waals surface area contributed by atoms with Gasteiger partial charge in [-0.2, -0.15) is 13.2 Å². The lowest BCUT2D eigenvalue weighted by Gasteiger charge is -2.14. The van der Waals surface area contributed by atoms with E-state index in [1.807, 2.05) is 36.4 Å². The lowest BCUT2D eigenvalue weighted by atomic mass is 10.1. The molecule has 3 aromatic rings. The predicted octanol–water partition coefficient (Wildman–Crippen LogP) is 5.71. The van der Waals surface area contributed by atoms with Crippen molar-refractivity contribution in [2.24, 2.45) is 0 Å². The van der Waals surface area contributed by atoms with Gasteiger partial charge in [0.15, 0.2) is 0 Å². The van der Waals surface area contributed by atoms with Gasteiger partial charge in [0.1, 0.15) is 5.15 Å². The summed E-state index contributed by atoms with van der Waals surface area (Å²) in [6.07, 6.45) is -2.69. The van der Waals surface area contributed by atoms with E-state index in [9.17, 15) is 13.2 Å². The van der Waals surface area contributed by atoms with E-state index in [2.05, 4.69) is 10.3 Å². The number of hydrogen-bond donors (Lipinski definition) is 1. The van der Waals surface area contributed by atoms with Gasteiger partial charge in [-0.1, -0.05) is 60.1 Å². The van der Waals surface area contributed by atoms with Gasteiger partial charge in [0.2, 0.25) is 0 Å². The zero-order valence-corrected chi connectivity index (χ0v) is 14.5. The lowest BCUT2D eigenvalue weighted by Crippen LogP contribution is -2.17. The second kappa shape index (κ2) is 7.89.